The molecule has 1 saturated heterocycles. The minimum atomic E-state index is -0.110. The average Bonchev–Trinajstić information content (AvgIpc) is 2.87. The standard InChI is InChI=1S/C15H21N5O2/c1-10-17-13-3-2-11(8-14(13)18-10)19-15(21)20-6-7-22-12(9-20)4-5-16/h2-3,8,12H,4-7,9,16H2,1H3,(H,17,18)(H,19,21). The van der Waals surface area contributed by atoms with E-state index in [1.807, 2.05) is 25.1 Å². The van der Waals surface area contributed by atoms with Gasteiger partial charge in [0.05, 0.1) is 23.7 Å². The second kappa shape index (κ2) is 6.33. The van der Waals surface area contributed by atoms with Crippen LogP contribution in [0.15, 0.2) is 18.2 Å². The molecule has 22 heavy (non-hydrogen) atoms. The van der Waals surface area contributed by atoms with Gasteiger partial charge in [0.2, 0.25) is 0 Å². The largest absolute Gasteiger partial charge is 0.374 e. The molecule has 0 saturated carbocycles. The minimum absolute atomic E-state index is 0.0298. The summed E-state index contributed by atoms with van der Waals surface area (Å²) in [5.74, 6) is 0.858. The number of nitrogens with zero attached hydrogens (tertiary/aromatic N) is 2. The lowest BCUT2D eigenvalue weighted by Crippen LogP contribution is -2.47. The molecule has 1 unspecified atom stereocenters. The van der Waals surface area contributed by atoms with E-state index < -0.39 is 0 Å². The predicted molar refractivity (Wildman–Crippen MR) is 84.8 cm³/mol. The Labute approximate surface area is 128 Å². The number of amides is 2. The van der Waals surface area contributed by atoms with E-state index in [1.165, 1.54) is 0 Å². The molecule has 1 aromatic carbocycles. The number of carbonyl (C=O) groups is 1. The second-order valence-electron chi connectivity index (χ2n) is 5.50. The zero-order chi connectivity index (χ0) is 15.5. The predicted octanol–water partition coefficient (Wildman–Crippen LogP) is 1.45. The number of H-pyrrole nitrogens is 1. The Morgan fingerprint density at radius 3 is 3.27 bits per heavy atom. The van der Waals surface area contributed by atoms with Crippen molar-refractivity contribution in [2.45, 2.75) is 19.4 Å². The Balaban J connectivity index is 1.66. The molecule has 1 aromatic heterocycles. The van der Waals surface area contributed by atoms with E-state index in [-0.39, 0.29) is 12.1 Å². The normalized spacial score (nSPS) is 18.6. The third-order valence-corrected chi connectivity index (χ3v) is 3.77. The number of benzene rings is 1. The van der Waals surface area contributed by atoms with Crippen molar-refractivity contribution in [3.8, 4) is 0 Å². The first-order chi connectivity index (χ1) is 10.7. The summed E-state index contributed by atoms with van der Waals surface area (Å²) in [4.78, 5) is 21.6. The highest BCUT2D eigenvalue weighted by Gasteiger charge is 2.23. The van der Waals surface area contributed by atoms with Gasteiger partial charge in [0.25, 0.3) is 0 Å². The maximum absolute atomic E-state index is 12.4. The van der Waals surface area contributed by atoms with E-state index in [0.29, 0.717) is 26.2 Å². The molecule has 118 valence electrons. The number of aromatic amines is 1. The number of nitrogens with one attached hydrogen (secondary N) is 2. The first-order valence-corrected chi connectivity index (χ1v) is 7.49. The van der Waals surface area contributed by atoms with Crippen LogP contribution in [0.25, 0.3) is 11.0 Å². The van der Waals surface area contributed by atoms with Crippen molar-refractivity contribution in [2.75, 3.05) is 31.6 Å². The fraction of sp³-hybridized carbons (Fsp3) is 0.467. The van der Waals surface area contributed by atoms with Crippen LogP contribution in [-0.2, 0) is 4.74 Å². The molecule has 4 N–H and O–H groups in total. The molecule has 0 aliphatic carbocycles. The van der Waals surface area contributed by atoms with E-state index in [2.05, 4.69) is 15.3 Å². The molecule has 3 rings (SSSR count). The van der Waals surface area contributed by atoms with Crippen molar-refractivity contribution in [3.05, 3.63) is 24.0 Å². The molecule has 1 aliphatic rings. The van der Waals surface area contributed by atoms with Crippen molar-refractivity contribution >= 4 is 22.8 Å². The smallest absolute Gasteiger partial charge is 0.322 e. The van der Waals surface area contributed by atoms with Crippen molar-refractivity contribution < 1.29 is 9.53 Å². The van der Waals surface area contributed by atoms with Crippen LogP contribution in [0.2, 0.25) is 0 Å². The van der Waals surface area contributed by atoms with Crippen LogP contribution in [0, 0.1) is 6.92 Å². The van der Waals surface area contributed by atoms with Gasteiger partial charge in [-0.25, -0.2) is 9.78 Å². The summed E-state index contributed by atoms with van der Waals surface area (Å²) < 4.78 is 5.59. The summed E-state index contributed by atoms with van der Waals surface area (Å²) in [5, 5.41) is 2.93. The second-order valence-corrected chi connectivity index (χ2v) is 5.50. The third kappa shape index (κ3) is 3.20. The van der Waals surface area contributed by atoms with E-state index in [0.717, 1.165) is 29.0 Å². The van der Waals surface area contributed by atoms with Crippen molar-refractivity contribution in [3.63, 3.8) is 0 Å². The molecule has 1 aliphatic heterocycles. The molecule has 1 atom stereocenters. The number of nitrogens with two attached hydrogens (primary N) is 1. The number of fused-ring (bicyclic) bond motifs is 1. The Morgan fingerprint density at radius 1 is 1.59 bits per heavy atom. The highest BCUT2D eigenvalue weighted by atomic mass is 16.5. The number of hydrogen-bond donors (Lipinski definition) is 3. The van der Waals surface area contributed by atoms with Gasteiger partial charge >= 0.3 is 6.03 Å². The van der Waals surface area contributed by atoms with Crippen LogP contribution in [0.5, 0.6) is 0 Å². The summed E-state index contributed by atoms with van der Waals surface area (Å²) in [5.41, 5.74) is 8.11. The van der Waals surface area contributed by atoms with Crippen molar-refractivity contribution in [1.82, 2.24) is 14.9 Å². The minimum Gasteiger partial charge on any atom is -0.374 e. The van der Waals surface area contributed by atoms with E-state index in [9.17, 15) is 4.79 Å². The fourth-order valence-electron chi connectivity index (χ4n) is 2.68. The molecule has 7 nitrogen and oxygen atoms in total. The SMILES string of the molecule is Cc1nc2ccc(NC(=O)N3CCOC(CCN)C3)cc2[nH]1. The summed E-state index contributed by atoms with van der Waals surface area (Å²) in [6.07, 6.45) is 0.797. The third-order valence-electron chi connectivity index (χ3n) is 3.77. The maximum atomic E-state index is 12.4. The molecule has 2 aromatic rings. The molecular weight excluding hydrogens is 282 g/mol. The number of aromatic nitrogens is 2. The Morgan fingerprint density at radius 2 is 2.45 bits per heavy atom. The van der Waals surface area contributed by atoms with Crippen LogP contribution in [-0.4, -0.2) is 53.2 Å². The summed E-state index contributed by atoms with van der Waals surface area (Å²) in [6, 6.07) is 5.54. The van der Waals surface area contributed by atoms with Crippen LogP contribution >= 0.6 is 0 Å². The molecular formula is C15H21N5O2. The highest BCUT2D eigenvalue weighted by molar-refractivity contribution is 5.92. The monoisotopic (exact) mass is 303 g/mol. The van der Waals surface area contributed by atoms with Gasteiger partial charge in [-0.1, -0.05) is 0 Å². The summed E-state index contributed by atoms with van der Waals surface area (Å²) >= 11 is 0. The lowest BCUT2D eigenvalue weighted by molar-refractivity contribution is -0.0146. The fourth-order valence-corrected chi connectivity index (χ4v) is 2.68. The quantitative estimate of drug-likeness (QED) is 0.799. The lowest BCUT2D eigenvalue weighted by atomic mass is 10.2. The molecule has 7 heteroatoms. The lowest BCUT2D eigenvalue weighted by Gasteiger charge is -2.32. The number of hydrogen-bond acceptors (Lipinski definition) is 4. The number of carbonyl (C=O) groups excluding carboxylic acids is 1. The zero-order valence-electron chi connectivity index (χ0n) is 12.6. The van der Waals surface area contributed by atoms with Gasteiger partial charge in [-0.05, 0) is 38.1 Å². The van der Waals surface area contributed by atoms with Crippen LogP contribution in [0.1, 0.15) is 12.2 Å². The van der Waals surface area contributed by atoms with E-state index in [4.69, 9.17) is 10.5 Å². The molecule has 0 radical (unpaired) electrons. The van der Waals surface area contributed by atoms with Gasteiger partial charge in [0, 0.05) is 18.8 Å². The number of imidazole rings is 1. The Hall–Kier alpha value is -2.12. The molecule has 2 heterocycles. The van der Waals surface area contributed by atoms with Crippen molar-refractivity contribution in [1.29, 1.82) is 0 Å². The van der Waals surface area contributed by atoms with E-state index in [1.54, 1.807) is 4.90 Å². The highest BCUT2D eigenvalue weighted by Crippen LogP contribution is 2.18. The van der Waals surface area contributed by atoms with Crippen molar-refractivity contribution in [2.24, 2.45) is 5.73 Å². The van der Waals surface area contributed by atoms with Gasteiger partial charge < -0.3 is 25.7 Å². The number of ether oxygens (including phenoxy) is 1. The number of aryl methyl sites for hydroxylation is 1. The number of anilines is 1. The molecule has 0 spiro atoms. The first kappa shape index (κ1) is 14.8. The molecule has 0 bridgehead atoms. The number of urea groups is 1. The van der Waals surface area contributed by atoms with Crippen LogP contribution < -0.4 is 11.1 Å². The molecule has 2 amide bonds. The van der Waals surface area contributed by atoms with Gasteiger partial charge in [-0.15, -0.1) is 0 Å². The van der Waals surface area contributed by atoms with Gasteiger partial charge in [-0.3, -0.25) is 0 Å². The summed E-state index contributed by atoms with van der Waals surface area (Å²) in [7, 11) is 0. The van der Waals surface area contributed by atoms with Crippen LogP contribution in [0.3, 0.4) is 0 Å². The van der Waals surface area contributed by atoms with E-state index >= 15 is 0 Å². The topological polar surface area (TPSA) is 96.3 Å². The Kier molecular flexibility index (Phi) is 4.26. The molecule has 1 fully saturated rings. The first-order valence-electron chi connectivity index (χ1n) is 7.49. The summed E-state index contributed by atoms with van der Waals surface area (Å²) in [6.45, 7) is 4.20. The van der Waals surface area contributed by atoms with Crippen LogP contribution in [0.4, 0.5) is 10.5 Å². The Bertz CT molecular complexity index is 667. The maximum Gasteiger partial charge on any atom is 0.322 e. The number of rotatable bonds is 3. The number of morpholine rings is 1. The average molecular weight is 303 g/mol. The van der Waals surface area contributed by atoms with Gasteiger partial charge in [-0.2, -0.15) is 0 Å². The van der Waals surface area contributed by atoms with Gasteiger partial charge in [0.15, 0.2) is 0 Å². The zero-order valence-corrected chi connectivity index (χ0v) is 12.6. The van der Waals surface area contributed by atoms with Gasteiger partial charge in [0.1, 0.15) is 5.82 Å².